The van der Waals surface area contributed by atoms with E-state index in [0.717, 1.165) is 18.4 Å². The van der Waals surface area contributed by atoms with E-state index in [0.29, 0.717) is 11.6 Å². The summed E-state index contributed by atoms with van der Waals surface area (Å²) < 4.78 is 6.15. The van der Waals surface area contributed by atoms with Crippen LogP contribution in [0.1, 0.15) is 38.5 Å². The number of fused-ring (bicyclic) bond motifs is 2. The van der Waals surface area contributed by atoms with Crippen LogP contribution in [0.4, 0.5) is 0 Å². The summed E-state index contributed by atoms with van der Waals surface area (Å²) in [5, 5.41) is 3.43. The van der Waals surface area contributed by atoms with Crippen molar-refractivity contribution >= 4 is 0 Å². The fourth-order valence-electron chi connectivity index (χ4n) is 3.72. The molecule has 3 fully saturated rings. The Morgan fingerprint density at radius 1 is 1.36 bits per heavy atom. The Morgan fingerprint density at radius 3 is 3.14 bits per heavy atom. The number of rotatable bonds is 1. The van der Waals surface area contributed by atoms with Crippen LogP contribution >= 0.6 is 0 Å². The van der Waals surface area contributed by atoms with Gasteiger partial charge in [0.25, 0.3) is 0 Å². The van der Waals surface area contributed by atoms with E-state index >= 15 is 0 Å². The minimum absolute atomic E-state index is 0.300. The van der Waals surface area contributed by atoms with Crippen LogP contribution < -0.4 is 5.32 Å². The number of hydrogen-bond donors (Lipinski definition) is 1. The van der Waals surface area contributed by atoms with Crippen LogP contribution in [-0.4, -0.2) is 25.3 Å². The van der Waals surface area contributed by atoms with Gasteiger partial charge in [-0.2, -0.15) is 0 Å². The Labute approximate surface area is 86.4 Å². The molecule has 4 unspecified atom stereocenters. The molecular weight excluding hydrogens is 174 g/mol. The predicted octanol–water partition coefficient (Wildman–Crippen LogP) is 1.94. The Morgan fingerprint density at radius 2 is 2.29 bits per heavy atom. The highest BCUT2D eigenvalue weighted by Crippen LogP contribution is 2.58. The summed E-state index contributed by atoms with van der Waals surface area (Å²) in [6, 6.07) is 0.711. The van der Waals surface area contributed by atoms with Gasteiger partial charge in [0.15, 0.2) is 0 Å². The van der Waals surface area contributed by atoms with Gasteiger partial charge < -0.3 is 10.1 Å². The molecule has 4 atom stereocenters. The van der Waals surface area contributed by atoms with Gasteiger partial charge in [-0.15, -0.1) is 0 Å². The third kappa shape index (κ3) is 1.31. The fourth-order valence-corrected chi connectivity index (χ4v) is 3.72. The highest BCUT2D eigenvalue weighted by atomic mass is 16.5. The average Bonchev–Trinajstić information content (AvgIpc) is 2.99. The fraction of sp³-hybridized carbons (Fsp3) is 1.00. The minimum Gasteiger partial charge on any atom is -0.375 e. The first kappa shape index (κ1) is 9.17. The molecule has 0 amide bonds. The maximum Gasteiger partial charge on any atom is 0.0728 e. The Kier molecular flexibility index (Phi) is 2.10. The third-order valence-electron chi connectivity index (χ3n) is 4.63. The van der Waals surface area contributed by atoms with Gasteiger partial charge >= 0.3 is 0 Å². The predicted molar refractivity (Wildman–Crippen MR) is 56.2 cm³/mol. The Balaban J connectivity index is 1.74. The normalized spacial score (nSPS) is 51.6. The zero-order valence-electron chi connectivity index (χ0n) is 9.09. The summed E-state index contributed by atoms with van der Waals surface area (Å²) in [5.74, 6) is 1.95. The number of nitrogens with one attached hydrogen (secondary N) is 1. The van der Waals surface area contributed by atoms with Gasteiger partial charge in [-0.3, -0.25) is 0 Å². The van der Waals surface area contributed by atoms with Crippen molar-refractivity contribution in [2.75, 3.05) is 13.7 Å². The molecule has 2 nitrogen and oxygen atoms in total. The first-order valence-corrected chi connectivity index (χ1v) is 6.15. The molecule has 0 aromatic rings. The molecule has 80 valence electrons. The average molecular weight is 195 g/mol. The second-order valence-corrected chi connectivity index (χ2v) is 5.39. The molecule has 2 saturated carbocycles. The molecule has 1 heterocycles. The van der Waals surface area contributed by atoms with E-state index in [-0.39, 0.29) is 0 Å². The topological polar surface area (TPSA) is 21.3 Å². The highest BCUT2D eigenvalue weighted by Gasteiger charge is 2.56. The van der Waals surface area contributed by atoms with E-state index in [1.54, 1.807) is 0 Å². The SMILES string of the molecule is CNC1CCOC2(CCCC3CC32)C1. The van der Waals surface area contributed by atoms with Crippen LogP contribution in [0, 0.1) is 11.8 Å². The summed E-state index contributed by atoms with van der Waals surface area (Å²) in [5.41, 5.74) is 0.300. The van der Waals surface area contributed by atoms with Crippen LogP contribution in [0.15, 0.2) is 0 Å². The largest absolute Gasteiger partial charge is 0.375 e. The first-order valence-electron chi connectivity index (χ1n) is 6.15. The molecule has 1 aliphatic heterocycles. The van der Waals surface area contributed by atoms with Crippen LogP contribution in [0.25, 0.3) is 0 Å². The Bertz CT molecular complexity index is 226. The van der Waals surface area contributed by atoms with Crippen molar-refractivity contribution in [1.82, 2.24) is 5.32 Å². The van der Waals surface area contributed by atoms with Crippen molar-refractivity contribution in [3.05, 3.63) is 0 Å². The summed E-state index contributed by atoms with van der Waals surface area (Å²) in [7, 11) is 2.09. The van der Waals surface area contributed by atoms with Crippen LogP contribution in [-0.2, 0) is 4.74 Å². The highest BCUT2D eigenvalue weighted by molar-refractivity contribution is 5.07. The Hall–Kier alpha value is -0.0800. The van der Waals surface area contributed by atoms with Crippen LogP contribution in [0.3, 0.4) is 0 Å². The number of ether oxygens (including phenoxy) is 1. The lowest BCUT2D eigenvalue weighted by Crippen LogP contribution is -2.49. The van der Waals surface area contributed by atoms with E-state index in [9.17, 15) is 0 Å². The lowest BCUT2D eigenvalue weighted by atomic mass is 9.78. The van der Waals surface area contributed by atoms with Gasteiger partial charge in [0, 0.05) is 12.6 Å². The monoisotopic (exact) mass is 195 g/mol. The van der Waals surface area contributed by atoms with E-state index < -0.39 is 0 Å². The van der Waals surface area contributed by atoms with Crippen molar-refractivity contribution < 1.29 is 4.74 Å². The first-order chi connectivity index (χ1) is 6.84. The molecule has 0 radical (unpaired) electrons. The maximum absolute atomic E-state index is 6.15. The van der Waals surface area contributed by atoms with Crippen molar-refractivity contribution in [2.45, 2.75) is 50.2 Å². The second-order valence-electron chi connectivity index (χ2n) is 5.39. The zero-order chi connectivity index (χ0) is 9.60. The summed E-state index contributed by atoms with van der Waals surface area (Å²) >= 11 is 0. The molecule has 0 aromatic heterocycles. The standard InChI is InChI=1S/C12H21NO/c1-13-10-4-6-14-12(8-10)5-2-3-9-7-11(9)12/h9-11,13H,2-8H2,1H3. The number of hydrogen-bond acceptors (Lipinski definition) is 2. The van der Waals surface area contributed by atoms with Gasteiger partial charge in [0.05, 0.1) is 5.60 Å². The molecule has 1 spiro atoms. The molecule has 3 aliphatic rings. The van der Waals surface area contributed by atoms with Crippen molar-refractivity contribution in [3.8, 4) is 0 Å². The van der Waals surface area contributed by atoms with Crippen LogP contribution in [0.5, 0.6) is 0 Å². The van der Waals surface area contributed by atoms with Crippen LogP contribution in [0.2, 0.25) is 0 Å². The van der Waals surface area contributed by atoms with E-state index in [2.05, 4.69) is 12.4 Å². The zero-order valence-corrected chi connectivity index (χ0v) is 9.09. The van der Waals surface area contributed by atoms with Crippen molar-refractivity contribution in [1.29, 1.82) is 0 Å². The molecule has 1 N–H and O–H groups in total. The van der Waals surface area contributed by atoms with Gasteiger partial charge in [0.1, 0.15) is 0 Å². The van der Waals surface area contributed by atoms with Gasteiger partial charge in [-0.05, 0) is 51.0 Å². The molecular formula is C12H21NO. The molecule has 2 aliphatic carbocycles. The van der Waals surface area contributed by atoms with E-state index in [1.807, 2.05) is 0 Å². The lowest BCUT2D eigenvalue weighted by molar-refractivity contribution is -0.119. The van der Waals surface area contributed by atoms with Gasteiger partial charge in [-0.1, -0.05) is 6.42 Å². The summed E-state index contributed by atoms with van der Waals surface area (Å²) in [4.78, 5) is 0. The quantitative estimate of drug-likeness (QED) is 0.690. The van der Waals surface area contributed by atoms with E-state index in [4.69, 9.17) is 4.74 Å². The summed E-state index contributed by atoms with van der Waals surface area (Å²) in [6.45, 7) is 0.981. The second kappa shape index (κ2) is 3.21. The lowest BCUT2D eigenvalue weighted by Gasteiger charge is -2.43. The molecule has 14 heavy (non-hydrogen) atoms. The van der Waals surface area contributed by atoms with Gasteiger partial charge in [0.2, 0.25) is 0 Å². The third-order valence-corrected chi connectivity index (χ3v) is 4.63. The molecule has 3 rings (SSSR count). The van der Waals surface area contributed by atoms with Crippen molar-refractivity contribution in [3.63, 3.8) is 0 Å². The van der Waals surface area contributed by atoms with Crippen molar-refractivity contribution in [2.24, 2.45) is 11.8 Å². The maximum atomic E-state index is 6.15. The minimum atomic E-state index is 0.300. The smallest absolute Gasteiger partial charge is 0.0728 e. The molecule has 2 heteroatoms. The molecule has 1 saturated heterocycles. The molecule has 0 aromatic carbocycles. The van der Waals surface area contributed by atoms with E-state index in [1.165, 1.54) is 38.5 Å². The van der Waals surface area contributed by atoms with Gasteiger partial charge in [-0.25, -0.2) is 0 Å². The summed E-state index contributed by atoms with van der Waals surface area (Å²) in [6.07, 6.45) is 8.13. The molecule has 0 bridgehead atoms.